The largest absolute Gasteiger partial charge is 0.473 e. The normalized spacial score (nSPS) is 16.9. The summed E-state index contributed by atoms with van der Waals surface area (Å²) >= 11 is 0. The van der Waals surface area contributed by atoms with Gasteiger partial charge in [-0.05, 0) is 107 Å². The molecule has 4 heterocycles. The van der Waals surface area contributed by atoms with Gasteiger partial charge in [0.25, 0.3) is 7.37 Å². The number of hydrogen-bond donors (Lipinski definition) is 0. The molecule has 8 aromatic carbocycles. The van der Waals surface area contributed by atoms with E-state index in [0.717, 1.165) is 42.0 Å². The summed E-state index contributed by atoms with van der Waals surface area (Å²) in [6, 6.07) is 42.4. The van der Waals surface area contributed by atoms with Gasteiger partial charge in [-0.2, -0.15) is 0 Å². The molecule has 0 aromatic heterocycles. The molecule has 0 radical (unpaired) electrons. The summed E-state index contributed by atoms with van der Waals surface area (Å²) in [4.78, 5) is 5.27. The van der Waals surface area contributed by atoms with Crippen LogP contribution in [0, 0.1) is 34.9 Å². The third-order valence-electron chi connectivity index (χ3n) is 13.5. The first-order chi connectivity index (χ1) is 34.0. The molecule has 0 bridgehead atoms. The maximum atomic E-state index is 17.6. The summed E-state index contributed by atoms with van der Waals surface area (Å²) in [6.45, 7) is 0.679. The first-order valence-electron chi connectivity index (χ1n) is 22.3. The Hall–Kier alpha value is -7.83. The van der Waals surface area contributed by atoms with Crippen molar-refractivity contribution in [2.75, 3.05) is 34.9 Å². The Labute approximate surface area is 397 Å². The van der Waals surface area contributed by atoms with Crippen LogP contribution in [0.1, 0.15) is 33.4 Å². The van der Waals surface area contributed by atoms with E-state index in [1.807, 2.05) is 78.9 Å². The zero-order valence-corrected chi connectivity index (χ0v) is 37.7. The Morgan fingerprint density at radius 2 is 0.786 bits per heavy atom. The van der Waals surface area contributed by atoms with E-state index in [9.17, 15) is 26.3 Å². The minimum atomic E-state index is -4.44. The van der Waals surface area contributed by atoms with Crippen molar-refractivity contribution in [3.05, 3.63) is 226 Å². The second-order valence-electron chi connectivity index (χ2n) is 17.5. The molecule has 0 N–H and O–H groups in total. The zero-order chi connectivity index (χ0) is 47.9. The van der Waals surface area contributed by atoms with Gasteiger partial charge in [0.15, 0.2) is 55.1 Å². The van der Waals surface area contributed by atoms with Crippen molar-refractivity contribution in [2.45, 2.75) is 24.8 Å². The fraction of sp³-hybridized carbons (Fsp3) is 0.127. The Balaban J connectivity index is 1.11. The molecule has 0 aliphatic carbocycles. The van der Waals surface area contributed by atoms with E-state index in [1.165, 1.54) is 18.2 Å². The fourth-order valence-electron chi connectivity index (χ4n) is 10.1. The van der Waals surface area contributed by atoms with Gasteiger partial charge < -0.3 is 33.4 Å². The average molecular weight is 966 g/mol. The molecule has 4 aliphatic heterocycles. The predicted octanol–water partition coefficient (Wildman–Crippen LogP) is 12.5. The number of hydrogen-bond acceptors (Lipinski definition) is 8. The number of nitrogens with zero attached hydrogens (tertiary/aromatic N) is 3. The minimum Gasteiger partial charge on any atom is -0.473 e. The lowest BCUT2D eigenvalue weighted by atomic mass is 9.81. The monoisotopic (exact) mass is 965 g/mol. The summed E-state index contributed by atoms with van der Waals surface area (Å²) in [7, 11) is -4.44. The molecule has 4 aliphatic rings. The third kappa shape index (κ3) is 7.02. The first-order valence-corrected chi connectivity index (χ1v) is 24.0. The van der Waals surface area contributed by atoms with Gasteiger partial charge in [-0.1, -0.05) is 54.6 Å². The lowest BCUT2D eigenvalue weighted by molar-refractivity contribution is 0.288. The van der Waals surface area contributed by atoms with E-state index in [2.05, 4.69) is 0 Å². The predicted molar refractivity (Wildman–Crippen MR) is 253 cm³/mol. The van der Waals surface area contributed by atoms with Crippen molar-refractivity contribution in [3.8, 4) is 34.1 Å². The molecule has 12 rings (SSSR count). The molecule has 8 nitrogen and oxygen atoms in total. The highest BCUT2D eigenvalue weighted by atomic mass is 31.2. The Morgan fingerprint density at radius 1 is 0.400 bits per heavy atom. The molecule has 0 fully saturated rings. The highest BCUT2D eigenvalue weighted by Crippen LogP contribution is 2.72. The van der Waals surface area contributed by atoms with Crippen LogP contribution < -0.4 is 38.7 Å². The van der Waals surface area contributed by atoms with Gasteiger partial charge in [-0.25, -0.2) is 26.3 Å². The van der Waals surface area contributed by atoms with Gasteiger partial charge in [0.1, 0.15) is 28.2 Å². The summed E-state index contributed by atoms with van der Waals surface area (Å²) in [5, 5.41) is -1.32. The van der Waals surface area contributed by atoms with Gasteiger partial charge in [0.05, 0.1) is 5.30 Å². The molecular formula is C55H38F6N3O5P. The average Bonchev–Trinajstić information content (AvgIpc) is 3.38. The molecule has 1 atom stereocenters. The number of rotatable bonds is 7. The van der Waals surface area contributed by atoms with Crippen LogP contribution in [0.4, 0.5) is 43.4 Å². The van der Waals surface area contributed by atoms with Gasteiger partial charge in [0.2, 0.25) is 0 Å². The van der Waals surface area contributed by atoms with Gasteiger partial charge in [-0.3, -0.25) is 4.57 Å². The number of fused-ring (bicyclic) bond motifs is 6. The summed E-state index contributed by atoms with van der Waals surface area (Å²) < 4.78 is 130. The molecule has 70 heavy (non-hydrogen) atoms. The molecule has 0 spiro atoms. The second-order valence-corrected chi connectivity index (χ2v) is 20.0. The van der Waals surface area contributed by atoms with E-state index in [-0.39, 0.29) is 39.8 Å². The first kappa shape index (κ1) is 43.5. The van der Waals surface area contributed by atoms with Gasteiger partial charge >= 0.3 is 0 Å². The van der Waals surface area contributed by atoms with E-state index in [0.29, 0.717) is 84.3 Å². The van der Waals surface area contributed by atoms with Crippen molar-refractivity contribution in [1.29, 1.82) is 0 Å². The summed E-state index contributed by atoms with van der Waals surface area (Å²) in [6.07, 6.45) is 0. The highest BCUT2D eigenvalue weighted by molar-refractivity contribution is 7.69. The van der Waals surface area contributed by atoms with Crippen LogP contribution in [0.5, 0.6) is 23.0 Å². The minimum absolute atomic E-state index is 0.0346. The van der Waals surface area contributed by atoms with E-state index in [4.69, 9.17) is 18.7 Å². The van der Waals surface area contributed by atoms with E-state index >= 15 is 4.57 Å². The summed E-state index contributed by atoms with van der Waals surface area (Å²) in [5.74, 6) is -4.05. The SMILES string of the molecule is O=P1(C(c2ccc3c(c2)CN(c2ccc(F)c(F)c2)CO3)(c2ccc3c(c2)CN(c2ccc(F)c(F)c2)CO3)c2ccc3c(c2)CN(c2ccc(F)c(F)c2)CO3)Oc2ccccc2-c2ccccc21. The number of benzene rings is 8. The van der Waals surface area contributed by atoms with Crippen LogP contribution in [0.2, 0.25) is 0 Å². The Morgan fingerprint density at radius 3 is 1.20 bits per heavy atom. The molecule has 0 saturated carbocycles. The van der Waals surface area contributed by atoms with Gasteiger partial charge in [-0.15, -0.1) is 0 Å². The highest BCUT2D eigenvalue weighted by Gasteiger charge is 2.58. The summed E-state index contributed by atoms with van der Waals surface area (Å²) in [5.41, 5.74) is 6.07. The topological polar surface area (TPSA) is 63.7 Å². The molecule has 1 unspecified atom stereocenters. The van der Waals surface area contributed by atoms with E-state index < -0.39 is 47.4 Å². The third-order valence-corrected chi connectivity index (χ3v) is 16.7. The maximum absolute atomic E-state index is 17.6. The van der Waals surface area contributed by atoms with E-state index in [1.54, 1.807) is 39.0 Å². The Bertz CT molecular complexity index is 3210. The lowest BCUT2D eigenvalue weighted by Crippen LogP contribution is -2.39. The molecule has 8 aromatic rings. The lowest BCUT2D eigenvalue weighted by Gasteiger charge is -2.45. The van der Waals surface area contributed by atoms with Crippen molar-refractivity contribution in [1.82, 2.24) is 0 Å². The van der Waals surface area contributed by atoms with Crippen molar-refractivity contribution in [2.24, 2.45) is 0 Å². The molecule has 0 saturated heterocycles. The van der Waals surface area contributed by atoms with Crippen LogP contribution >= 0.6 is 7.37 Å². The standard InChI is InChI=1S/C55H38F6N3O5P/c56-44-15-12-39(24-47(44)59)62-27-33-21-36(9-18-50(33)66-30-62)55(70(65)54-8-4-2-6-43(54)42-5-1-3-7-53(42)69-70,37-10-19-51-34(22-37)28-63(31-67-51)40-13-16-45(57)48(60)25-40)38-11-20-52-35(23-38)29-64(32-68-52)41-14-17-46(58)49(61)26-41/h1-26H,27-32H2. The second kappa shape index (κ2) is 16.7. The number of para-hydroxylation sites is 1. The van der Waals surface area contributed by atoms with Crippen LogP contribution in [0.25, 0.3) is 11.1 Å². The molecular weight excluding hydrogens is 928 g/mol. The van der Waals surface area contributed by atoms with Crippen LogP contribution in [0.15, 0.2) is 158 Å². The zero-order valence-electron chi connectivity index (χ0n) is 36.9. The Kier molecular flexibility index (Phi) is 10.4. The fourth-order valence-corrected chi connectivity index (χ4v) is 13.4. The number of anilines is 3. The quantitative estimate of drug-likeness (QED) is 0.0889. The van der Waals surface area contributed by atoms with Crippen LogP contribution in [-0.4, -0.2) is 20.2 Å². The number of halogens is 6. The molecule has 15 heteroatoms. The van der Waals surface area contributed by atoms with Gasteiger partial charge in [0, 0.05) is 77.1 Å². The van der Waals surface area contributed by atoms with Crippen LogP contribution in [-0.2, 0) is 29.4 Å². The smallest absolute Gasteiger partial charge is 0.296 e. The molecule has 350 valence electrons. The van der Waals surface area contributed by atoms with Crippen molar-refractivity contribution >= 4 is 29.7 Å². The van der Waals surface area contributed by atoms with Crippen LogP contribution in [0.3, 0.4) is 0 Å². The van der Waals surface area contributed by atoms with Crippen molar-refractivity contribution < 1.29 is 49.6 Å². The number of ether oxygens (including phenoxy) is 3. The maximum Gasteiger partial charge on any atom is 0.296 e. The van der Waals surface area contributed by atoms with Crippen molar-refractivity contribution in [3.63, 3.8) is 0 Å². The molecule has 0 amide bonds.